The minimum atomic E-state index is 0.512. The molecule has 0 unspecified atom stereocenters. The Kier molecular flexibility index (Phi) is 4.54. The van der Waals surface area contributed by atoms with E-state index in [1.165, 1.54) is 30.0 Å². The van der Waals surface area contributed by atoms with E-state index in [0.29, 0.717) is 12.0 Å². The first kappa shape index (κ1) is 15.6. The molecule has 0 saturated carbocycles. The van der Waals surface area contributed by atoms with Crippen LogP contribution in [0.3, 0.4) is 0 Å². The maximum Gasteiger partial charge on any atom is 0.142 e. The highest BCUT2D eigenvalue weighted by atomic mass is 32.1. The van der Waals surface area contributed by atoms with Crippen LogP contribution in [-0.4, -0.2) is 39.0 Å². The van der Waals surface area contributed by atoms with Crippen molar-refractivity contribution in [3.63, 3.8) is 0 Å². The Morgan fingerprint density at radius 2 is 2.09 bits per heavy atom. The minimum Gasteiger partial charge on any atom is -0.300 e. The molecule has 2 aromatic rings. The van der Waals surface area contributed by atoms with Gasteiger partial charge in [0.05, 0.1) is 0 Å². The van der Waals surface area contributed by atoms with Crippen LogP contribution in [0.5, 0.6) is 0 Å². The predicted octanol–water partition coefficient (Wildman–Crippen LogP) is 3.80. The second kappa shape index (κ2) is 6.42. The lowest BCUT2D eigenvalue weighted by Crippen LogP contribution is -2.39. The summed E-state index contributed by atoms with van der Waals surface area (Å²) < 4.78 is 0. The summed E-state index contributed by atoms with van der Waals surface area (Å²) in [6, 6.07) is 2.76. The van der Waals surface area contributed by atoms with Gasteiger partial charge < -0.3 is 4.90 Å². The smallest absolute Gasteiger partial charge is 0.142 e. The quantitative estimate of drug-likeness (QED) is 0.863. The van der Waals surface area contributed by atoms with Crippen LogP contribution < -0.4 is 0 Å². The third-order valence-corrected chi connectivity index (χ3v) is 5.23. The van der Waals surface area contributed by atoms with Gasteiger partial charge in [-0.05, 0) is 53.1 Å². The van der Waals surface area contributed by atoms with E-state index in [4.69, 9.17) is 4.98 Å². The second-order valence-corrected chi connectivity index (χ2v) is 7.66. The standard InChI is InChI=1S/C17H24N4S/c1-11(2)21-7-5-6-14(10-21)15-8-16(20-13(4)19-15)17-18-9-12(3)22-17/h8-9,11,14H,5-7,10H2,1-4H3/t14-/m1/s1. The Labute approximate surface area is 136 Å². The molecule has 0 amide bonds. The van der Waals surface area contributed by atoms with Crippen molar-refractivity contribution in [1.82, 2.24) is 19.9 Å². The first-order valence-electron chi connectivity index (χ1n) is 8.05. The molecule has 0 radical (unpaired) electrons. The van der Waals surface area contributed by atoms with Crippen molar-refractivity contribution >= 4 is 11.3 Å². The number of rotatable bonds is 3. The molecular formula is C17H24N4S. The fourth-order valence-corrected chi connectivity index (χ4v) is 3.82. The number of thiazole rings is 1. The third-order valence-electron chi connectivity index (χ3n) is 4.30. The number of likely N-dealkylation sites (tertiary alicyclic amines) is 1. The van der Waals surface area contributed by atoms with Gasteiger partial charge in [0.1, 0.15) is 16.5 Å². The summed E-state index contributed by atoms with van der Waals surface area (Å²) in [5, 5.41) is 1.00. The van der Waals surface area contributed by atoms with Crippen LogP contribution in [0, 0.1) is 13.8 Å². The lowest BCUT2D eigenvalue weighted by molar-refractivity contribution is 0.166. The van der Waals surface area contributed by atoms with E-state index in [0.717, 1.165) is 23.1 Å². The Morgan fingerprint density at radius 3 is 2.77 bits per heavy atom. The van der Waals surface area contributed by atoms with Crippen molar-refractivity contribution in [3.05, 3.63) is 28.7 Å². The van der Waals surface area contributed by atoms with Gasteiger partial charge in [0.15, 0.2) is 0 Å². The monoisotopic (exact) mass is 316 g/mol. The third kappa shape index (κ3) is 3.36. The van der Waals surface area contributed by atoms with Gasteiger partial charge in [-0.15, -0.1) is 11.3 Å². The molecule has 0 aromatic carbocycles. The molecule has 0 bridgehead atoms. The summed E-state index contributed by atoms with van der Waals surface area (Å²) >= 11 is 1.70. The van der Waals surface area contributed by atoms with Gasteiger partial charge in [-0.1, -0.05) is 0 Å². The van der Waals surface area contributed by atoms with E-state index < -0.39 is 0 Å². The molecule has 4 nitrogen and oxygen atoms in total. The van der Waals surface area contributed by atoms with Gasteiger partial charge in [-0.2, -0.15) is 0 Å². The molecule has 5 heteroatoms. The second-order valence-electron chi connectivity index (χ2n) is 6.43. The predicted molar refractivity (Wildman–Crippen MR) is 91.3 cm³/mol. The van der Waals surface area contributed by atoms with Gasteiger partial charge in [0, 0.05) is 35.3 Å². The number of hydrogen-bond acceptors (Lipinski definition) is 5. The zero-order valence-electron chi connectivity index (χ0n) is 13.8. The van der Waals surface area contributed by atoms with Crippen LogP contribution in [-0.2, 0) is 0 Å². The maximum absolute atomic E-state index is 4.72. The van der Waals surface area contributed by atoms with Crippen LogP contribution in [0.1, 0.15) is 49.0 Å². The molecule has 0 spiro atoms. The largest absolute Gasteiger partial charge is 0.300 e. The van der Waals surface area contributed by atoms with Crippen molar-refractivity contribution in [2.45, 2.75) is 52.5 Å². The molecule has 0 aliphatic carbocycles. The fraction of sp³-hybridized carbons (Fsp3) is 0.588. The van der Waals surface area contributed by atoms with Gasteiger partial charge in [-0.3, -0.25) is 0 Å². The van der Waals surface area contributed by atoms with Crippen LogP contribution in [0.4, 0.5) is 0 Å². The van der Waals surface area contributed by atoms with Crippen LogP contribution in [0.2, 0.25) is 0 Å². The van der Waals surface area contributed by atoms with E-state index in [1.807, 2.05) is 13.1 Å². The fourth-order valence-electron chi connectivity index (χ4n) is 3.10. The first-order valence-corrected chi connectivity index (χ1v) is 8.87. The normalized spacial score (nSPS) is 19.8. The lowest BCUT2D eigenvalue weighted by Gasteiger charge is -2.35. The molecule has 1 aliphatic heterocycles. The minimum absolute atomic E-state index is 0.512. The summed E-state index contributed by atoms with van der Waals surface area (Å²) in [6.07, 6.45) is 4.38. The van der Waals surface area contributed by atoms with Crippen molar-refractivity contribution in [1.29, 1.82) is 0 Å². The molecule has 0 N–H and O–H groups in total. The van der Waals surface area contributed by atoms with E-state index >= 15 is 0 Å². The molecular weight excluding hydrogens is 292 g/mol. The summed E-state index contributed by atoms with van der Waals surface area (Å²) in [7, 11) is 0. The lowest BCUT2D eigenvalue weighted by atomic mass is 9.93. The first-order chi connectivity index (χ1) is 10.5. The molecule has 118 valence electrons. The van der Waals surface area contributed by atoms with E-state index in [9.17, 15) is 0 Å². The molecule has 3 rings (SSSR count). The molecule has 1 fully saturated rings. The highest BCUT2D eigenvalue weighted by molar-refractivity contribution is 7.14. The number of piperidine rings is 1. The Hall–Kier alpha value is -1.33. The molecule has 22 heavy (non-hydrogen) atoms. The van der Waals surface area contributed by atoms with Crippen molar-refractivity contribution in [3.8, 4) is 10.7 Å². The Balaban J connectivity index is 1.89. The number of nitrogens with zero attached hydrogens (tertiary/aromatic N) is 4. The van der Waals surface area contributed by atoms with Gasteiger partial charge in [0.2, 0.25) is 0 Å². The van der Waals surface area contributed by atoms with Crippen LogP contribution >= 0.6 is 11.3 Å². The number of hydrogen-bond donors (Lipinski definition) is 0. The van der Waals surface area contributed by atoms with E-state index in [-0.39, 0.29) is 0 Å². The maximum atomic E-state index is 4.72. The topological polar surface area (TPSA) is 41.9 Å². The summed E-state index contributed by atoms with van der Waals surface area (Å²) in [6.45, 7) is 10.9. The highest BCUT2D eigenvalue weighted by Gasteiger charge is 2.24. The van der Waals surface area contributed by atoms with Crippen molar-refractivity contribution in [2.75, 3.05) is 13.1 Å². The van der Waals surface area contributed by atoms with Crippen LogP contribution in [0.15, 0.2) is 12.3 Å². The van der Waals surface area contributed by atoms with E-state index in [2.05, 4.69) is 41.7 Å². The zero-order chi connectivity index (χ0) is 15.7. The summed E-state index contributed by atoms with van der Waals surface area (Å²) in [5.41, 5.74) is 2.16. The molecule has 3 heterocycles. The highest BCUT2D eigenvalue weighted by Crippen LogP contribution is 2.30. The number of aryl methyl sites for hydroxylation is 2. The Morgan fingerprint density at radius 1 is 1.27 bits per heavy atom. The van der Waals surface area contributed by atoms with Crippen LogP contribution in [0.25, 0.3) is 10.7 Å². The molecule has 1 saturated heterocycles. The Bertz CT molecular complexity index is 650. The summed E-state index contributed by atoms with van der Waals surface area (Å²) in [5.74, 6) is 1.36. The zero-order valence-corrected chi connectivity index (χ0v) is 14.7. The summed E-state index contributed by atoms with van der Waals surface area (Å²) in [4.78, 5) is 17.6. The molecule has 2 aromatic heterocycles. The molecule has 1 atom stereocenters. The van der Waals surface area contributed by atoms with Gasteiger partial charge in [0.25, 0.3) is 0 Å². The SMILES string of the molecule is Cc1nc(-c2ncc(C)s2)cc([C@@H]2CCCN(C(C)C)C2)n1. The average Bonchev–Trinajstić information content (AvgIpc) is 2.93. The van der Waals surface area contributed by atoms with Crippen molar-refractivity contribution < 1.29 is 0 Å². The van der Waals surface area contributed by atoms with Gasteiger partial charge in [-0.25, -0.2) is 15.0 Å². The van der Waals surface area contributed by atoms with Gasteiger partial charge >= 0.3 is 0 Å². The average molecular weight is 316 g/mol. The van der Waals surface area contributed by atoms with E-state index in [1.54, 1.807) is 11.3 Å². The van der Waals surface area contributed by atoms with Crippen molar-refractivity contribution in [2.24, 2.45) is 0 Å². The number of aromatic nitrogens is 3. The molecule has 1 aliphatic rings.